The molecule has 1 saturated heterocycles. The van der Waals surface area contributed by atoms with Crippen LogP contribution >= 0.6 is 11.3 Å². The smallest absolute Gasteiger partial charge is 0.259 e. The summed E-state index contributed by atoms with van der Waals surface area (Å²) in [5.74, 6) is -2.52. The number of piperidine rings is 1. The van der Waals surface area contributed by atoms with E-state index in [0.29, 0.717) is 35.2 Å². The van der Waals surface area contributed by atoms with Crippen LogP contribution in [0.4, 0.5) is 8.78 Å². The van der Waals surface area contributed by atoms with Gasteiger partial charge in [0.25, 0.3) is 5.91 Å². The third-order valence-corrected chi connectivity index (χ3v) is 7.00. The van der Waals surface area contributed by atoms with Gasteiger partial charge < -0.3 is 15.8 Å². The van der Waals surface area contributed by atoms with Crippen LogP contribution in [0.15, 0.2) is 30.5 Å². The Morgan fingerprint density at radius 3 is 2.93 bits per heavy atom. The molecule has 2 aliphatic heterocycles. The molecule has 1 fully saturated rings. The number of rotatable bonds is 3. The van der Waals surface area contributed by atoms with E-state index in [0.717, 1.165) is 35.9 Å². The molecule has 0 aliphatic carbocycles. The van der Waals surface area contributed by atoms with E-state index in [-0.39, 0.29) is 11.8 Å². The van der Waals surface area contributed by atoms with Crippen LogP contribution in [0.25, 0.3) is 11.3 Å². The summed E-state index contributed by atoms with van der Waals surface area (Å²) in [7, 11) is 0. The number of fused-ring (bicyclic) bond motifs is 3. The van der Waals surface area contributed by atoms with Gasteiger partial charge in [0.2, 0.25) is 0 Å². The Balaban J connectivity index is 1.70. The van der Waals surface area contributed by atoms with Crippen LogP contribution in [0, 0.1) is 11.6 Å². The van der Waals surface area contributed by atoms with Gasteiger partial charge in [-0.1, -0.05) is 17.4 Å². The number of carbonyl (C=O) groups excluding carboxylic acids is 1. The summed E-state index contributed by atoms with van der Waals surface area (Å²) in [4.78, 5) is 12.8. The monoisotopic (exact) mass is 430 g/mol. The predicted molar refractivity (Wildman–Crippen MR) is 109 cm³/mol. The van der Waals surface area contributed by atoms with E-state index in [1.54, 1.807) is 12.3 Å². The highest BCUT2D eigenvalue weighted by atomic mass is 32.1. The van der Waals surface area contributed by atoms with Gasteiger partial charge in [0.15, 0.2) is 16.7 Å². The van der Waals surface area contributed by atoms with E-state index >= 15 is 0 Å². The molecule has 0 radical (unpaired) electrons. The van der Waals surface area contributed by atoms with E-state index in [1.165, 1.54) is 17.4 Å². The van der Waals surface area contributed by atoms with Crippen molar-refractivity contribution in [3.63, 3.8) is 0 Å². The highest BCUT2D eigenvalue weighted by molar-refractivity contribution is 7.16. The van der Waals surface area contributed by atoms with Crippen molar-refractivity contribution in [2.75, 3.05) is 19.7 Å². The van der Waals surface area contributed by atoms with Gasteiger partial charge in [0, 0.05) is 18.7 Å². The molecule has 1 amide bonds. The summed E-state index contributed by atoms with van der Waals surface area (Å²) < 4.78 is 35.3. The minimum Gasteiger partial charge on any atom is -0.481 e. The van der Waals surface area contributed by atoms with Crippen molar-refractivity contribution in [3.05, 3.63) is 58.1 Å². The molecule has 30 heavy (non-hydrogen) atoms. The van der Waals surface area contributed by atoms with Gasteiger partial charge in [-0.3, -0.25) is 9.48 Å². The molecular formula is C21H20F2N4O2S. The maximum absolute atomic E-state index is 14.0. The van der Waals surface area contributed by atoms with Crippen LogP contribution in [-0.2, 0) is 6.54 Å². The van der Waals surface area contributed by atoms with Crippen LogP contribution in [0.5, 0.6) is 5.06 Å². The first kappa shape index (κ1) is 19.2. The Hall–Kier alpha value is -2.78. The molecule has 5 rings (SSSR count). The zero-order valence-corrected chi connectivity index (χ0v) is 16.8. The Labute approximate surface area is 175 Å². The van der Waals surface area contributed by atoms with Crippen LogP contribution < -0.4 is 15.8 Å². The van der Waals surface area contributed by atoms with E-state index in [4.69, 9.17) is 10.5 Å². The van der Waals surface area contributed by atoms with E-state index in [1.807, 2.05) is 10.7 Å². The first-order chi connectivity index (χ1) is 14.5. The quantitative estimate of drug-likeness (QED) is 0.668. The third-order valence-electron chi connectivity index (χ3n) is 5.87. The predicted octanol–water partition coefficient (Wildman–Crippen LogP) is 3.24. The maximum Gasteiger partial charge on any atom is 0.259 e. The fourth-order valence-electron chi connectivity index (χ4n) is 4.56. The second-order valence-electron chi connectivity index (χ2n) is 7.54. The number of benzene rings is 1. The van der Waals surface area contributed by atoms with Crippen molar-refractivity contribution in [1.29, 1.82) is 0 Å². The van der Waals surface area contributed by atoms with Gasteiger partial charge in [-0.2, -0.15) is 5.10 Å². The second-order valence-corrected chi connectivity index (χ2v) is 8.52. The molecule has 3 N–H and O–H groups in total. The zero-order chi connectivity index (χ0) is 20.8. The molecule has 0 bridgehead atoms. The minimum absolute atomic E-state index is 0.0993. The molecule has 4 heterocycles. The molecule has 2 aromatic heterocycles. The fraction of sp³-hybridized carbons (Fsp3) is 0.333. The first-order valence-electron chi connectivity index (χ1n) is 9.81. The number of ether oxygens (including phenoxy) is 1. The molecule has 156 valence electrons. The maximum atomic E-state index is 14.0. The van der Waals surface area contributed by atoms with Gasteiger partial charge in [-0.25, -0.2) is 8.78 Å². The van der Waals surface area contributed by atoms with Gasteiger partial charge >= 0.3 is 0 Å². The Morgan fingerprint density at radius 2 is 2.13 bits per heavy atom. The molecule has 2 aliphatic rings. The van der Waals surface area contributed by atoms with Gasteiger partial charge in [0.05, 0.1) is 22.7 Å². The number of nitrogens with one attached hydrogen (secondary N) is 1. The van der Waals surface area contributed by atoms with Crippen LogP contribution in [0.1, 0.15) is 39.1 Å². The standard InChI is InChI=1S/C21H20F2N4O2S/c22-14-2-1-11(9-15(14)23)12-3-5-25-10-13(12)17-18-16-4-6-26-27(16)7-8-29-21(18)30-19(17)20(24)28/h1-2,4,6,9,12-13,25H,3,5,7-8,10H2,(H2,24,28)/t12-,13+/m0/s1. The number of hydrogen-bond donors (Lipinski definition) is 2. The molecule has 1 aromatic carbocycles. The molecule has 0 saturated carbocycles. The Kier molecular flexibility index (Phi) is 4.79. The lowest BCUT2D eigenvalue weighted by Gasteiger charge is -2.33. The number of hydrogen-bond acceptors (Lipinski definition) is 5. The lowest BCUT2D eigenvalue weighted by molar-refractivity contribution is 0.100. The number of nitrogens with zero attached hydrogens (tertiary/aromatic N) is 2. The molecule has 6 nitrogen and oxygen atoms in total. The number of amides is 1. The van der Waals surface area contributed by atoms with Crippen molar-refractivity contribution in [3.8, 4) is 16.3 Å². The molecule has 0 unspecified atom stereocenters. The molecule has 3 aromatic rings. The number of primary amides is 1. The summed E-state index contributed by atoms with van der Waals surface area (Å²) in [6, 6.07) is 5.94. The minimum atomic E-state index is -0.872. The van der Waals surface area contributed by atoms with Crippen molar-refractivity contribution in [2.45, 2.75) is 24.8 Å². The number of nitrogens with two attached hydrogens (primary N) is 1. The summed E-state index contributed by atoms with van der Waals surface area (Å²) in [6.45, 7) is 2.37. The topological polar surface area (TPSA) is 82.2 Å². The average Bonchev–Trinajstić information content (AvgIpc) is 3.31. The summed E-state index contributed by atoms with van der Waals surface area (Å²) in [5, 5.41) is 8.40. The van der Waals surface area contributed by atoms with Gasteiger partial charge in [0.1, 0.15) is 6.61 Å². The highest BCUT2D eigenvalue weighted by Gasteiger charge is 2.37. The highest BCUT2D eigenvalue weighted by Crippen LogP contribution is 2.51. The van der Waals surface area contributed by atoms with Crippen molar-refractivity contribution < 1.29 is 18.3 Å². The molecular weight excluding hydrogens is 410 g/mol. The summed E-state index contributed by atoms with van der Waals surface area (Å²) >= 11 is 1.25. The average molecular weight is 430 g/mol. The van der Waals surface area contributed by atoms with Crippen LogP contribution in [0.3, 0.4) is 0 Å². The fourth-order valence-corrected chi connectivity index (χ4v) is 5.66. The summed E-state index contributed by atoms with van der Waals surface area (Å²) in [5.41, 5.74) is 8.96. The number of carbonyl (C=O) groups is 1. The van der Waals surface area contributed by atoms with Gasteiger partial charge in [-0.15, -0.1) is 0 Å². The Morgan fingerprint density at radius 1 is 1.27 bits per heavy atom. The lowest BCUT2D eigenvalue weighted by atomic mass is 9.76. The van der Waals surface area contributed by atoms with Crippen molar-refractivity contribution in [2.24, 2.45) is 5.73 Å². The zero-order valence-electron chi connectivity index (χ0n) is 16.0. The normalized spacial score (nSPS) is 20.7. The van der Waals surface area contributed by atoms with Crippen molar-refractivity contribution in [1.82, 2.24) is 15.1 Å². The molecule has 2 atom stereocenters. The van der Waals surface area contributed by atoms with E-state index in [9.17, 15) is 13.6 Å². The lowest BCUT2D eigenvalue weighted by Crippen LogP contribution is -2.35. The SMILES string of the molecule is NC(=O)c1sc2c(c1[C@@H]1CNCC[C@H]1c1ccc(F)c(F)c1)-c1ccnn1CCO2. The first-order valence-corrected chi connectivity index (χ1v) is 10.6. The molecule has 0 spiro atoms. The van der Waals surface area contributed by atoms with E-state index < -0.39 is 17.5 Å². The summed E-state index contributed by atoms with van der Waals surface area (Å²) in [6.07, 6.45) is 2.44. The van der Waals surface area contributed by atoms with Crippen molar-refractivity contribution >= 4 is 17.2 Å². The number of halogens is 2. The third kappa shape index (κ3) is 3.09. The largest absolute Gasteiger partial charge is 0.481 e. The van der Waals surface area contributed by atoms with Crippen LogP contribution in [0.2, 0.25) is 0 Å². The van der Waals surface area contributed by atoms with Gasteiger partial charge in [-0.05, 0) is 48.2 Å². The number of thiophene rings is 1. The molecule has 9 heteroatoms. The van der Waals surface area contributed by atoms with Crippen LogP contribution in [-0.4, -0.2) is 35.4 Å². The Bertz CT molecular complexity index is 1130. The second kappa shape index (κ2) is 7.48. The number of aromatic nitrogens is 2. The van der Waals surface area contributed by atoms with E-state index in [2.05, 4.69) is 10.4 Å².